The van der Waals surface area contributed by atoms with Crippen molar-refractivity contribution in [2.75, 3.05) is 13.2 Å². The van der Waals surface area contributed by atoms with Gasteiger partial charge in [0.25, 0.3) is 15.6 Å². The average Bonchev–Trinajstić information content (AvgIpc) is 1.41. The zero-order valence-electron chi connectivity index (χ0n) is 49.2. The number of halogens is 3. The normalized spacial score (nSPS) is 29.2. The minimum atomic E-state index is -2.53. The van der Waals surface area contributed by atoms with Gasteiger partial charge in [-0.2, -0.15) is 0 Å². The maximum Gasteiger partial charge on any atom is 0.303 e. The number of imide groups is 1. The maximum absolute atomic E-state index is 15.3. The summed E-state index contributed by atoms with van der Waals surface area (Å²) in [4.78, 5) is 58.2. The number of carbonyl (C=O) groups excluding carboxylic acids is 4. The van der Waals surface area contributed by atoms with Gasteiger partial charge < -0.3 is 66.3 Å². The molecule has 474 valence electrons. The van der Waals surface area contributed by atoms with Crippen LogP contribution in [0.1, 0.15) is 75.6 Å². The summed E-state index contributed by atoms with van der Waals surface area (Å²) in [6, 6.07) is 51.0. The van der Waals surface area contributed by atoms with Crippen LogP contribution in [0.5, 0.6) is 0 Å². The number of amides is 2. The molecule has 90 heavy (non-hydrogen) atoms. The lowest BCUT2D eigenvalue weighted by molar-refractivity contribution is -0.394. The smallest absolute Gasteiger partial charge is 0.303 e. The molecule has 0 spiro atoms. The van der Waals surface area contributed by atoms with Crippen LogP contribution in [0.15, 0.2) is 176 Å². The van der Waals surface area contributed by atoms with Gasteiger partial charge >= 0.3 is 11.9 Å². The van der Waals surface area contributed by atoms with Crippen LogP contribution in [-0.4, -0.2) is 144 Å². The molecule has 2 amide bonds. The van der Waals surface area contributed by atoms with Crippen LogP contribution < -0.4 is 0 Å². The largest absolute Gasteiger partial charge is 0.455 e. The van der Waals surface area contributed by atoms with Gasteiger partial charge in [-0.1, -0.05) is 199 Å². The third-order valence-corrected chi connectivity index (χ3v) is 16.3. The number of hydrogen-bond acceptors (Lipinski definition) is 19. The molecule has 5 heterocycles. The SMILES string of the molecule is CC(=O)O[C@H]1[C@H]2O[C@@H](c3ccccc3)OC[C@H]2O[C@@H](O[C@H]2[C@H](O[C@@H]3O[C@@H](C)[C@@H](OCc4ccccc4)[C@@H](OCc4ccccc4)[C@@H]3OCc3ccccc3)[C@@H](N3C(=O)c4ccccc4C3=O)[C@H](OC(=N)C(Cl)(Cl)Cl)O[C@@H]2COCc2ccccc2)[C@@H]1OC(C)=O. The van der Waals surface area contributed by atoms with Gasteiger partial charge in [0.05, 0.1) is 56.9 Å². The minimum absolute atomic E-state index is 0.00522. The van der Waals surface area contributed by atoms with Crippen LogP contribution in [0.25, 0.3) is 0 Å². The van der Waals surface area contributed by atoms with Gasteiger partial charge in [0.2, 0.25) is 12.2 Å². The summed E-state index contributed by atoms with van der Waals surface area (Å²) in [5.74, 6) is -4.21. The Morgan fingerprint density at radius 2 is 0.989 bits per heavy atom. The Morgan fingerprint density at radius 1 is 0.522 bits per heavy atom. The predicted molar refractivity (Wildman–Crippen MR) is 324 cm³/mol. The van der Waals surface area contributed by atoms with Crippen molar-refractivity contribution in [2.45, 2.75) is 149 Å². The Morgan fingerprint density at radius 3 is 1.52 bits per heavy atom. The third-order valence-electron chi connectivity index (χ3n) is 15.7. The summed E-state index contributed by atoms with van der Waals surface area (Å²) in [7, 11) is 0. The van der Waals surface area contributed by atoms with Crippen molar-refractivity contribution in [3.05, 3.63) is 215 Å². The first-order valence-corrected chi connectivity index (χ1v) is 30.5. The molecule has 23 heteroatoms. The fourth-order valence-electron chi connectivity index (χ4n) is 11.6. The average molecular weight is 1290 g/mol. The number of hydrogen-bond donors (Lipinski definition) is 1. The van der Waals surface area contributed by atoms with E-state index in [-0.39, 0.29) is 44.2 Å². The molecule has 6 aromatic rings. The Bertz CT molecular complexity index is 3340. The molecule has 4 saturated heterocycles. The molecule has 0 aliphatic carbocycles. The highest BCUT2D eigenvalue weighted by Gasteiger charge is 2.62. The van der Waals surface area contributed by atoms with E-state index in [0.29, 0.717) is 5.56 Å². The highest BCUT2D eigenvalue weighted by molar-refractivity contribution is 6.76. The number of nitrogens with one attached hydrogen (secondary N) is 1. The molecule has 0 bridgehead atoms. The summed E-state index contributed by atoms with van der Waals surface area (Å²) in [5.41, 5.74) is 3.87. The molecule has 20 nitrogen and oxygen atoms in total. The van der Waals surface area contributed by atoms with Crippen LogP contribution in [0, 0.1) is 5.41 Å². The van der Waals surface area contributed by atoms with E-state index >= 15 is 9.59 Å². The number of alkyl halides is 3. The topological polar surface area (TPSA) is 225 Å². The molecule has 0 unspecified atom stereocenters. The van der Waals surface area contributed by atoms with E-state index < -0.39 is 138 Å². The van der Waals surface area contributed by atoms with E-state index in [0.717, 1.165) is 34.1 Å². The molecule has 6 aromatic carbocycles. The van der Waals surface area contributed by atoms with Gasteiger partial charge in [-0.3, -0.25) is 29.5 Å². The molecule has 1 N–H and O–H groups in total. The van der Waals surface area contributed by atoms with Gasteiger partial charge in [0.15, 0.2) is 31.1 Å². The number of esters is 2. The van der Waals surface area contributed by atoms with Gasteiger partial charge in [-0.05, 0) is 41.3 Å². The summed E-state index contributed by atoms with van der Waals surface area (Å²) in [5, 5.41) is 9.05. The lowest BCUT2D eigenvalue weighted by atomic mass is 9.93. The van der Waals surface area contributed by atoms with Crippen LogP contribution in [0.4, 0.5) is 0 Å². The van der Waals surface area contributed by atoms with E-state index in [1.165, 1.54) is 19.1 Å². The standard InChI is InChI=1S/C67H67Cl3N2O18/c1-39-52(78-34-43-23-11-5-12-24-43)56(79-35-44-25-13-6-14-26-44)58(80-36-45-27-15-7-16-28-45)64(82-39)89-55-51(72-60(75)47-31-19-20-32-48(47)61(72)76)63(90-66(71)67(68,69)70)85-49(37-77-33-42-21-9-4-10-22-42)53(55)88-65-59(84-41(3)74)57(83-40(2)73)54-50(86-65)38-81-62(87-54)46-29-17-8-18-30-46/h4-32,39,49-59,62-65,71H,33-38H2,1-3H3/t39-,49+,50+,51+,52+,53+,54-,55+,56+,57-,58-,59+,62-,63-,64-,65-/m0/s1. The molecule has 16 atom stereocenters. The molecule has 5 aliphatic heterocycles. The van der Waals surface area contributed by atoms with Crippen molar-refractivity contribution < 1.29 is 85.5 Å². The van der Waals surface area contributed by atoms with Gasteiger partial charge in [-0.25, -0.2) is 0 Å². The first-order valence-electron chi connectivity index (χ1n) is 29.4. The van der Waals surface area contributed by atoms with Crippen molar-refractivity contribution in [1.29, 1.82) is 5.41 Å². The molecule has 4 fully saturated rings. The van der Waals surface area contributed by atoms with Crippen molar-refractivity contribution in [3.63, 3.8) is 0 Å². The van der Waals surface area contributed by atoms with Crippen LogP contribution in [-0.2, 0) is 102 Å². The first-order chi connectivity index (χ1) is 43.6. The second-order valence-electron chi connectivity index (χ2n) is 22.1. The lowest BCUT2D eigenvalue weighted by Gasteiger charge is -2.53. The predicted octanol–water partition coefficient (Wildman–Crippen LogP) is 9.93. The summed E-state index contributed by atoms with van der Waals surface area (Å²) < 4.78 is 91.4. The van der Waals surface area contributed by atoms with Gasteiger partial charge in [0.1, 0.15) is 54.9 Å². The number of carbonyl (C=O) groups is 4. The summed E-state index contributed by atoms with van der Waals surface area (Å²) in [6.07, 6.45) is -20.3. The maximum atomic E-state index is 15.3. The fraction of sp³-hybridized carbons (Fsp3) is 0.388. The van der Waals surface area contributed by atoms with Gasteiger partial charge in [0, 0.05) is 19.4 Å². The Kier molecular flexibility index (Phi) is 21.4. The third kappa shape index (κ3) is 15.4. The number of fused-ring (bicyclic) bond motifs is 2. The van der Waals surface area contributed by atoms with Gasteiger partial charge in [-0.15, -0.1) is 0 Å². The van der Waals surface area contributed by atoms with Crippen molar-refractivity contribution >= 4 is 64.5 Å². The van der Waals surface area contributed by atoms with Crippen LogP contribution >= 0.6 is 34.8 Å². The molecule has 5 aliphatic rings. The second-order valence-corrected chi connectivity index (χ2v) is 24.3. The van der Waals surface area contributed by atoms with Crippen LogP contribution in [0.2, 0.25) is 0 Å². The zero-order chi connectivity index (χ0) is 62.9. The van der Waals surface area contributed by atoms with E-state index in [1.54, 1.807) is 31.2 Å². The highest BCUT2D eigenvalue weighted by atomic mass is 35.6. The lowest BCUT2D eigenvalue weighted by Crippen LogP contribution is -2.71. The Balaban J connectivity index is 1.06. The Hall–Kier alpha value is -6.70. The highest BCUT2D eigenvalue weighted by Crippen LogP contribution is 2.43. The molecular weight excluding hydrogens is 1230 g/mol. The number of nitrogens with zero attached hydrogens (tertiary/aromatic N) is 1. The van der Waals surface area contributed by atoms with E-state index in [9.17, 15) is 9.59 Å². The van der Waals surface area contributed by atoms with Crippen molar-refractivity contribution in [3.8, 4) is 0 Å². The molecule has 0 aromatic heterocycles. The zero-order valence-corrected chi connectivity index (χ0v) is 51.4. The van der Waals surface area contributed by atoms with E-state index in [4.69, 9.17) is 107 Å². The minimum Gasteiger partial charge on any atom is -0.455 e. The number of benzene rings is 6. The van der Waals surface area contributed by atoms with Crippen LogP contribution in [0.3, 0.4) is 0 Å². The van der Waals surface area contributed by atoms with E-state index in [1.807, 2.05) is 140 Å². The second kappa shape index (κ2) is 29.7. The first kappa shape index (κ1) is 64.8. The van der Waals surface area contributed by atoms with Crippen molar-refractivity contribution in [2.24, 2.45) is 0 Å². The molecular formula is C67H67Cl3N2O18. The number of ether oxygens (including phenoxy) is 14. The molecule has 0 radical (unpaired) electrons. The molecule has 0 saturated carbocycles. The summed E-state index contributed by atoms with van der Waals surface area (Å²) >= 11 is 19.2. The Labute approximate surface area is 535 Å². The van der Waals surface area contributed by atoms with E-state index in [2.05, 4.69) is 0 Å². The number of rotatable bonds is 22. The summed E-state index contributed by atoms with van der Waals surface area (Å²) in [6.45, 7) is 3.78. The molecule has 11 rings (SSSR count). The van der Waals surface area contributed by atoms with Crippen molar-refractivity contribution in [1.82, 2.24) is 4.90 Å². The fourth-order valence-corrected chi connectivity index (χ4v) is 11.7. The quantitative estimate of drug-likeness (QED) is 0.0219. The monoisotopic (exact) mass is 1290 g/mol.